The van der Waals surface area contributed by atoms with Gasteiger partial charge in [0.2, 0.25) is 5.91 Å². The molecular formula is C17H20ClN5O. The van der Waals surface area contributed by atoms with E-state index in [1.807, 2.05) is 50.2 Å². The van der Waals surface area contributed by atoms with E-state index >= 15 is 0 Å². The Morgan fingerprint density at radius 2 is 1.79 bits per heavy atom. The smallest absolute Gasteiger partial charge is 0.246 e. The lowest BCUT2D eigenvalue weighted by atomic mass is 10.1. The summed E-state index contributed by atoms with van der Waals surface area (Å²) in [5, 5.41) is 6.88. The molecule has 3 rings (SSSR count). The third kappa shape index (κ3) is 3.68. The summed E-state index contributed by atoms with van der Waals surface area (Å²) in [6, 6.07) is 12.8. The number of carbonyl (C=O) groups is 1. The van der Waals surface area contributed by atoms with E-state index in [0.717, 1.165) is 22.5 Å². The minimum atomic E-state index is -0.497. The molecule has 2 unspecified atom stereocenters. The molecule has 0 radical (unpaired) electrons. The van der Waals surface area contributed by atoms with Crippen molar-refractivity contribution < 1.29 is 4.79 Å². The fraction of sp³-hybridized carbons (Fsp3) is 0.235. The van der Waals surface area contributed by atoms with E-state index < -0.39 is 6.04 Å². The molecule has 1 heterocycles. The summed E-state index contributed by atoms with van der Waals surface area (Å²) in [6.07, 6.45) is -0.326. The summed E-state index contributed by atoms with van der Waals surface area (Å²) in [6.45, 7) is 3.95. The van der Waals surface area contributed by atoms with Crippen LogP contribution in [0.4, 0.5) is 11.4 Å². The number of nitrogens with one attached hydrogen (secondary N) is 5. The number of hydrogen-bond acceptors (Lipinski definition) is 5. The number of halogens is 1. The number of para-hydroxylation sites is 1. The van der Waals surface area contributed by atoms with Crippen molar-refractivity contribution in [2.45, 2.75) is 26.1 Å². The average Bonchev–Trinajstić information content (AvgIpc) is 2.99. The van der Waals surface area contributed by atoms with E-state index in [9.17, 15) is 4.79 Å². The number of carbonyl (C=O) groups excluding carboxylic acids is 1. The number of hydrazine groups is 2. The second kappa shape index (κ2) is 7.19. The van der Waals surface area contributed by atoms with Gasteiger partial charge in [-0.1, -0.05) is 35.9 Å². The molecule has 0 aliphatic carbocycles. The van der Waals surface area contributed by atoms with E-state index in [4.69, 9.17) is 11.6 Å². The molecule has 0 bridgehead atoms. The van der Waals surface area contributed by atoms with Gasteiger partial charge >= 0.3 is 0 Å². The molecule has 2 atom stereocenters. The highest BCUT2D eigenvalue weighted by Crippen LogP contribution is 2.21. The van der Waals surface area contributed by atoms with Crippen LogP contribution in [0.3, 0.4) is 0 Å². The van der Waals surface area contributed by atoms with Gasteiger partial charge in [0.05, 0.1) is 0 Å². The SMILES string of the molecule is Cc1cccc(C)c1NC(=O)C1NNNC1Nc1cccc(Cl)c1. The minimum Gasteiger partial charge on any atom is -0.367 e. The molecule has 1 aliphatic rings. The summed E-state index contributed by atoms with van der Waals surface area (Å²) < 4.78 is 0. The van der Waals surface area contributed by atoms with E-state index in [0.29, 0.717) is 5.02 Å². The van der Waals surface area contributed by atoms with Crippen molar-refractivity contribution in [3.05, 3.63) is 58.6 Å². The molecule has 0 aromatic heterocycles. The molecule has 1 amide bonds. The van der Waals surface area contributed by atoms with Crippen molar-refractivity contribution in [3.8, 4) is 0 Å². The minimum absolute atomic E-state index is 0.135. The molecule has 1 aliphatic heterocycles. The van der Waals surface area contributed by atoms with Crippen molar-refractivity contribution in [1.82, 2.24) is 16.4 Å². The van der Waals surface area contributed by atoms with Crippen LogP contribution < -0.4 is 27.0 Å². The number of anilines is 2. The summed E-state index contributed by atoms with van der Waals surface area (Å²) in [7, 11) is 0. The lowest BCUT2D eigenvalue weighted by Crippen LogP contribution is -2.48. The number of hydrogen-bond donors (Lipinski definition) is 5. The summed E-state index contributed by atoms with van der Waals surface area (Å²) in [4.78, 5) is 12.7. The predicted molar refractivity (Wildman–Crippen MR) is 96.6 cm³/mol. The lowest BCUT2D eigenvalue weighted by molar-refractivity contribution is -0.118. The standard InChI is InChI=1S/C17H20ClN5O/c1-10-5-3-6-11(2)14(10)20-17(24)15-16(22-23-21-15)19-13-8-4-7-12(18)9-13/h3-9,15-16,19,21-23H,1-2H3,(H,20,24). The molecule has 2 aromatic carbocycles. The summed E-state index contributed by atoms with van der Waals surface area (Å²) >= 11 is 6.00. The van der Waals surface area contributed by atoms with Gasteiger partial charge < -0.3 is 10.6 Å². The maximum atomic E-state index is 12.7. The van der Waals surface area contributed by atoms with Crippen LogP contribution in [0.25, 0.3) is 0 Å². The molecule has 24 heavy (non-hydrogen) atoms. The Kier molecular flexibility index (Phi) is 5.01. The third-order valence-corrected chi connectivity index (χ3v) is 4.18. The highest BCUT2D eigenvalue weighted by atomic mass is 35.5. The number of aryl methyl sites for hydroxylation is 2. The fourth-order valence-corrected chi connectivity index (χ4v) is 2.86. The van der Waals surface area contributed by atoms with Crippen molar-refractivity contribution in [2.75, 3.05) is 10.6 Å². The Bertz CT molecular complexity index is 731. The van der Waals surface area contributed by atoms with Crippen LogP contribution in [0.1, 0.15) is 11.1 Å². The molecule has 2 aromatic rings. The maximum Gasteiger partial charge on any atom is 0.246 e. The zero-order chi connectivity index (χ0) is 17.1. The van der Waals surface area contributed by atoms with Crippen LogP contribution in [0, 0.1) is 13.8 Å². The zero-order valence-corrected chi connectivity index (χ0v) is 14.2. The normalized spacial score (nSPS) is 20.0. The highest BCUT2D eigenvalue weighted by Gasteiger charge is 2.33. The molecule has 0 saturated carbocycles. The first-order chi connectivity index (χ1) is 11.5. The first-order valence-electron chi connectivity index (χ1n) is 7.70. The van der Waals surface area contributed by atoms with Crippen LogP contribution in [-0.4, -0.2) is 18.1 Å². The Labute approximate surface area is 145 Å². The lowest BCUT2D eigenvalue weighted by Gasteiger charge is -2.21. The van der Waals surface area contributed by atoms with Crippen LogP contribution >= 0.6 is 11.6 Å². The monoisotopic (exact) mass is 345 g/mol. The topological polar surface area (TPSA) is 77.2 Å². The van der Waals surface area contributed by atoms with Gasteiger partial charge in [0.25, 0.3) is 0 Å². The largest absolute Gasteiger partial charge is 0.367 e. The predicted octanol–water partition coefficient (Wildman–Crippen LogP) is 2.31. The summed E-state index contributed by atoms with van der Waals surface area (Å²) in [5.41, 5.74) is 12.5. The van der Waals surface area contributed by atoms with Gasteiger partial charge in [-0.15, -0.1) is 0 Å². The quantitative estimate of drug-likeness (QED) is 0.588. The van der Waals surface area contributed by atoms with Crippen LogP contribution in [0.15, 0.2) is 42.5 Å². The molecule has 1 saturated heterocycles. The molecule has 126 valence electrons. The Morgan fingerprint density at radius 1 is 1.08 bits per heavy atom. The Morgan fingerprint density at radius 3 is 2.50 bits per heavy atom. The fourth-order valence-electron chi connectivity index (χ4n) is 2.67. The maximum absolute atomic E-state index is 12.7. The van der Waals surface area contributed by atoms with Gasteiger partial charge in [0.1, 0.15) is 12.2 Å². The zero-order valence-electron chi connectivity index (χ0n) is 13.5. The van der Waals surface area contributed by atoms with Gasteiger partial charge in [0.15, 0.2) is 0 Å². The molecule has 6 nitrogen and oxygen atoms in total. The van der Waals surface area contributed by atoms with Crippen molar-refractivity contribution in [2.24, 2.45) is 0 Å². The van der Waals surface area contributed by atoms with E-state index in [2.05, 4.69) is 27.0 Å². The van der Waals surface area contributed by atoms with Crippen LogP contribution in [-0.2, 0) is 4.79 Å². The van der Waals surface area contributed by atoms with Crippen molar-refractivity contribution >= 4 is 28.9 Å². The Balaban J connectivity index is 1.72. The Hall–Kier alpha value is -2.12. The molecular weight excluding hydrogens is 326 g/mol. The molecule has 0 spiro atoms. The number of rotatable bonds is 4. The number of benzene rings is 2. The van der Waals surface area contributed by atoms with Crippen LogP contribution in [0.5, 0.6) is 0 Å². The van der Waals surface area contributed by atoms with Crippen molar-refractivity contribution in [3.63, 3.8) is 0 Å². The van der Waals surface area contributed by atoms with E-state index in [-0.39, 0.29) is 12.1 Å². The van der Waals surface area contributed by atoms with E-state index in [1.165, 1.54) is 0 Å². The first kappa shape index (κ1) is 16.7. The average molecular weight is 346 g/mol. The van der Waals surface area contributed by atoms with Gasteiger partial charge in [-0.2, -0.15) is 5.53 Å². The second-order valence-corrected chi connectivity index (χ2v) is 6.22. The molecule has 5 N–H and O–H groups in total. The van der Waals surface area contributed by atoms with Gasteiger partial charge in [-0.05, 0) is 43.2 Å². The summed E-state index contributed by atoms with van der Waals surface area (Å²) in [5.74, 6) is -0.135. The second-order valence-electron chi connectivity index (χ2n) is 5.78. The van der Waals surface area contributed by atoms with Crippen molar-refractivity contribution in [1.29, 1.82) is 0 Å². The van der Waals surface area contributed by atoms with Crippen LogP contribution in [0.2, 0.25) is 5.02 Å². The molecule has 7 heteroatoms. The van der Waals surface area contributed by atoms with Gasteiger partial charge in [-0.3, -0.25) is 4.79 Å². The highest BCUT2D eigenvalue weighted by molar-refractivity contribution is 6.30. The number of amides is 1. The van der Waals surface area contributed by atoms with Gasteiger partial charge in [-0.25, -0.2) is 10.9 Å². The van der Waals surface area contributed by atoms with Gasteiger partial charge in [0, 0.05) is 16.4 Å². The third-order valence-electron chi connectivity index (χ3n) is 3.95. The molecule has 1 fully saturated rings. The van der Waals surface area contributed by atoms with E-state index in [1.54, 1.807) is 6.07 Å². The first-order valence-corrected chi connectivity index (χ1v) is 8.07.